The molecule has 2 heterocycles. The lowest BCUT2D eigenvalue weighted by Gasteiger charge is -2.29. The van der Waals surface area contributed by atoms with Crippen molar-refractivity contribution in [3.8, 4) is 0 Å². The highest BCUT2D eigenvalue weighted by Crippen LogP contribution is 2.29. The summed E-state index contributed by atoms with van der Waals surface area (Å²) in [6.07, 6.45) is -0.155. The molecule has 5 amide bonds. The summed E-state index contributed by atoms with van der Waals surface area (Å²) in [5.74, 6) is -1.62. The van der Waals surface area contributed by atoms with E-state index < -0.39 is 23.9 Å². The van der Waals surface area contributed by atoms with Gasteiger partial charge in [0.1, 0.15) is 0 Å². The Morgan fingerprint density at radius 2 is 2.00 bits per heavy atom. The SMILES string of the molecule is O=C(O)NCCCC(=O)NC(=O)c1cccc2c1CN(C1CCC(=O)NC1=O)C2. The Balaban J connectivity index is 1.61. The lowest BCUT2D eigenvalue weighted by Crippen LogP contribution is -2.50. The van der Waals surface area contributed by atoms with E-state index in [2.05, 4.69) is 16.0 Å². The van der Waals surface area contributed by atoms with Crippen LogP contribution in [0.25, 0.3) is 0 Å². The molecule has 0 spiro atoms. The standard InChI is InChI=1S/C19H22N4O6/c24-15(5-2-8-20-19(28)29)21-17(26)12-4-1-3-11-9-23(10-13(11)12)14-6-7-16(25)22-18(14)27/h1,3-4,14,20H,2,5-10H2,(H,28,29)(H,21,24,26)(H,22,25,27). The van der Waals surface area contributed by atoms with Crippen LogP contribution in [0.15, 0.2) is 18.2 Å². The number of hydrogen-bond acceptors (Lipinski definition) is 6. The second-order valence-electron chi connectivity index (χ2n) is 7.03. The van der Waals surface area contributed by atoms with Gasteiger partial charge in [0.15, 0.2) is 0 Å². The predicted molar refractivity (Wildman–Crippen MR) is 99.6 cm³/mol. The molecule has 0 aromatic heterocycles. The van der Waals surface area contributed by atoms with Gasteiger partial charge in [0.05, 0.1) is 6.04 Å². The molecule has 10 heteroatoms. The number of carbonyl (C=O) groups excluding carboxylic acids is 4. The van der Waals surface area contributed by atoms with Crippen LogP contribution in [0.5, 0.6) is 0 Å². The molecule has 29 heavy (non-hydrogen) atoms. The normalized spacial score (nSPS) is 18.7. The average Bonchev–Trinajstić information content (AvgIpc) is 3.08. The van der Waals surface area contributed by atoms with Crippen LogP contribution in [0, 0.1) is 0 Å². The fourth-order valence-electron chi connectivity index (χ4n) is 3.61. The van der Waals surface area contributed by atoms with Crippen molar-refractivity contribution in [3.63, 3.8) is 0 Å². The van der Waals surface area contributed by atoms with Gasteiger partial charge < -0.3 is 10.4 Å². The molecule has 1 saturated heterocycles. The molecule has 154 valence electrons. The van der Waals surface area contributed by atoms with E-state index in [1.54, 1.807) is 12.1 Å². The van der Waals surface area contributed by atoms with Gasteiger partial charge in [0, 0.05) is 38.0 Å². The van der Waals surface area contributed by atoms with Crippen molar-refractivity contribution in [3.05, 3.63) is 34.9 Å². The largest absolute Gasteiger partial charge is 0.465 e. The van der Waals surface area contributed by atoms with Crippen LogP contribution in [-0.2, 0) is 27.5 Å². The smallest absolute Gasteiger partial charge is 0.404 e. The van der Waals surface area contributed by atoms with Crippen molar-refractivity contribution in [2.24, 2.45) is 0 Å². The van der Waals surface area contributed by atoms with E-state index in [0.29, 0.717) is 25.1 Å². The van der Waals surface area contributed by atoms with Crippen molar-refractivity contribution in [2.45, 2.75) is 44.8 Å². The summed E-state index contributed by atoms with van der Waals surface area (Å²) in [5, 5.41) is 15.3. The predicted octanol–water partition coefficient (Wildman–Crippen LogP) is 0.112. The van der Waals surface area contributed by atoms with E-state index in [1.807, 2.05) is 11.0 Å². The van der Waals surface area contributed by atoms with Crippen molar-refractivity contribution in [1.82, 2.24) is 20.9 Å². The Labute approximate surface area is 166 Å². The number of carbonyl (C=O) groups is 5. The maximum atomic E-state index is 12.6. The van der Waals surface area contributed by atoms with Gasteiger partial charge in [-0.05, 0) is 30.0 Å². The second kappa shape index (κ2) is 8.82. The molecule has 0 bridgehead atoms. The van der Waals surface area contributed by atoms with E-state index >= 15 is 0 Å². The molecule has 1 unspecified atom stereocenters. The quantitative estimate of drug-likeness (QED) is 0.390. The number of fused-ring (bicyclic) bond motifs is 1. The monoisotopic (exact) mass is 402 g/mol. The van der Waals surface area contributed by atoms with Crippen LogP contribution in [0.1, 0.15) is 47.2 Å². The van der Waals surface area contributed by atoms with Gasteiger partial charge in [0.25, 0.3) is 5.91 Å². The molecule has 1 fully saturated rings. The van der Waals surface area contributed by atoms with Crippen molar-refractivity contribution >= 4 is 29.7 Å². The molecule has 1 aromatic rings. The molecule has 2 aliphatic rings. The molecule has 1 aromatic carbocycles. The fourth-order valence-corrected chi connectivity index (χ4v) is 3.61. The maximum Gasteiger partial charge on any atom is 0.404 e. The lowest BCUT2D eigenvalue weighted by atomic mass is 10.0. The van der Waals surface area contributed by atoms with E-state index in [-0.39, 0.29) is 37.6 Å². The van der Waals surface area contributed by atoms with Gasteiger partial charge in [-0.2, -0.15) is 0 Å². The minimum atomic E-state index is -1.16. The molecular formula is C19H22N4O6. The molecule has 0 radical (unpaired) electrons. The minimum Gasteiger partial charge on any atom is -0.465 e. The first kappa shape index (κ1) is 20.5. The number of nitrogens with one attached hydrogen (secondary N) is 3. The van der Waals surface area contributed by atoms with Crippen LogP contribution in [0.2, 0.25) is 0 Å². The summed E-state index contributed by atoms with van der Waals surface area (Å²) in [6, 6.07) is 4.79. The van der Waals surface area contributed by atoms with E-state index in [4.69, 9.17) is 5.11 Å². The summed E-state index contributed by atoms with van der Waals surface area (Å²) in [6.45, 7) is 0.984. The molecule has 4 N–H and O–H groups in total. The highest BCUT2D eigenvalue weighted by molar-refractivity contribution is 6.06. The molecule has 1 atom stereocenters. The Morgan fingerprint density at radius 3 is 2.72 bits per heavy atom. The number of piperidine rings is 1. The van der Waals surface area contributed by atoms with E-state index in [9.17, 15) is 24.0 Å². The zero-order valence-corrected chi connectivity index (χ0v) is 15.7. The van der Waals surface area contributed by atoms with Gasteiger partial charge in [-0.3, -0.25) is 34.7 Å². The van der Waals surface area contributed by atoms with Crippen LogP contribution < -0.4 is 16.0 Å². The summed E-state index contributed by atoms with van der Waals surface area (Å²) in [5.41, 5.74) is 2.03. The fraction of sp³-hybridized carbons (Fsp3) is 0.421. The van der Waals surface area contributed by atoms with Crippen molar-refractivity contribution in [2.75, 3.05) is 6.54 Å². The third-order valence-corrected chi connectivity index (χ3v) is 5.01. The number of hydrogen-bond donors (Lipinski definition) is 4. The second-order valence-corrected chi connectivity index (χ2v) is 7.03. The number of carboxylic acid groups (broad SMARTS) is 1. The zero-order chi connectivity index (χ0) is 21.0. The van der Waals surface area contributed by atoms with Gasteiger partial charge in [-0.1, -0.05) is 12.1 Å². The van der Waals surface area contributed by atoms with Gasteiger partial charge in [0.2, 0.25) is 17.7 Å². The average molecular weight is 402 g/mol. The summed E-state index contributed by atoms with van der Waals surface area (Å²) in [7, 11) is 0. The Hall–Kier alpha value is -3.27. The summed E-state index contributed by atoms with van der Waals surface area (Å²) < 4.78 is 0. The Kier molecular flexibility index (Phi) is 6.23. The van der Waals surface area contributed by atoms with Gasteiger partial charge in [-0.15, -0.1) is 0 Å². The van der Waals surface area contributed by atoms with Crippen molar-refractivity contribution in [1.29, 1.82) is 0 Å². The van der Waals surface area contributed by atoms with E-state index in [0.717, 1.165) is 11.1 Å². The van der Waals surface area contributed by atoms with E-state index in [1.165, 1.54) is 0 Å². The molecule has 3 rings (SSSR count). The van der Waals surface area contributed by atoms with Crippen LogP contribution in [-0.4, -0.2) is 52.3 Å². The number of nitrogens with zero attached hydrogens (tertiary/aromatic N) is 1. The van der Waals surface area contributed by atoms with Gasteiger partial charge >= 0.3 is 6.09 Å². The molecule has 2 aliphatic heterocycles. The topological polar surface area (TPSA) is 145 Å². The summed E-state index contributed by atoms with van der Waals surface area (Å²) in [4.78, 5) is 60.3. The maximum absolute atomic E-state index is 12.6. The number of benzene rings is 1. The molecular weight excluding hydrogens is 380 g/mol. The third kappa shape index (κ3) is 4.96. The van der Waals surface area contributed by atoms with Crippen LogP contribution in [0.3, 0.4) is 0 Å². The number of rotatable bonds is 6. The first-order chi connectivity index (χ1) is 13.8. The van der Waals surface area contributed by atoms with Crippen LogP contribution >= 0.6 is 0 Å². The molecule has 10 nitrogen and oxygen atoms in total. The third-order valence-electron chi connectivity index (χ3n) is 5.01. The minimum absolute atomic E-state index is 0.0173. The highest BCUT2D eigenvalue weighted by atomic mass is 16.4. The molecule has 0 saturated carbocycles. The molecule has 0 aliphatic carbocycles. The number of amides is 5. The zero-order valence-electron chi connectivity index (χ0n) is 15.7. The van der Waals surface area contributed by atoms with Crippen molar-refractivity contribution < 1.29 is 29.1 Å². The Bertz CT molecular complexity index is 868. The summed E-state index contributed by atoms with van der Waals surface area (Å²) >= 11 is 0. The van der Waals surface area contributed by atoms with Gasteiger partial charge in [-0.25, -0.2) is 4.79 Å². The Morgan fingerprint density at radius 1 is 1.21 bits per heavy atom. The first-order valence-corrected chi connectivity index (χ1v) is 9.34. The highest BCUT2D eigenvalue weighted by Gasteiger charge is 2.36. The number of imide groups is 2. The first-order valence-electron chi connectivity index (χ1n) is 9.34. The van der Waals surface area contributed by atoms with Crippen LogP contribution in [0.4, 0.5) is 4.79 Å². The lowest BCUT2D eigenvalue weighted by molar-refractivity contribution is -0.137.